The number of carbonyl (C=O) groups excluding carboxylic acids is 1. The van der Waals surface area contributed by atoms with E-state index in [-0.39, 0.29) is 12.5 Å². The van der Waals surface area contributed by atoms with Gasteiger partial charge in [-0.05, 0) is 25.5 Å². The van der Waals surface area contributed by atoms with Gasteiger partial charge in [0.2, 0.25) is 0 Å². The van der Waals surface area contributed by atoms with Gasteiger partial charge in [-0.25, -0.2) is 0 Å². The molecule has 0 radical (unpaired) electrons. The molecule has 18 heavy (non-hydrogen) atoms. The number of amides is 1. The summed E-state index contributed by atoms with van der Waals surface area (Å²) in [6.07, 6.45) is 0.799. The standard InChI is InChI=1S/C13H20N2O3/c1-2-17-9-5-8-15-13(16)10-18-12-7-4-3-6-11(12)14/h3-4,6-7H,2,5,8-10,14H2,1H3,(H,15,16). The Balaban J connectivity index is 2.15. The SMILES string of the molecule is CCOCCCNC(=O)COc1ccccc1N. The van der Waals surface area contributed by atoms with Crippen molar-refractivity contribution in [2.75, 3.05) is 32.1 Å². The average molecular weight is 252 g/mol. The average Bonchev–Trinajstić information content (AvgIpc) is 2.37. The van der Waals surface area contributed by atoms with Crippen molar-refractivity contribution in [2.45, 2.75) is 13.3 Å². The summed E-state index contributed by atoms with van der Waals surface area (Å²) >= 11 is 0. The number of nitrogens with two attached hydrogens (primary N) is 1. The van der Waals surface area contributed by atoms with Crippen molar-refractivity contribution in [3.05, 3.63) is 24.3 Å². The van der Waals surface area contributed by atoms with Crippen LogP contribution in [0.25, 0.3) is 0 Å². The lowest BCUT2D eigenvalue weighted by Gasteiger charge is -2.09. The van der Waals surface area contributed by atoms with Crippen molar-refractivity contribution in [3.63, 3.8) is 0 Å². The molecule has 3 N–H and O–H groups in total. The Hall–Kier alpha value is -1.75. The molecule has 0 heterocycles. The second-order valence-corrected chi connectivity index (χ2v) is 3.73. The monoisotopic (exact) mass is 252 g/mol. The van der Waals surface area contributed by atoms with Gasteiger partial charge in [-0.3, -0.25) is 4.79 Å². The Morgan fingerprint density at radius 1 is 1.39 bits per heavy atom. The van der Waals surface area contributed by atoms with E-state index in [2.05, 4.69) is 5.32 Å². The molecule has 0 unspecified atom stereocenters. The van der Waals surface area contributed by atoms with Gasteiger partial charge in [0.25, 0.3) is 5.91 Å². The molecule has 0 aliphatic heterocycles. The molecule has 1 aromatic rings. The van der Waals surface area contributed by atoms with E-state index in [1.165, 1.54) is 0 Å². The molecular weight excluding hydrogens is 232 g/mol. The van der Waals surface area contributed by atoms with Crippen LogP contribution in [-0.2, 0) is 9.53 Å². The minimum atomic E-state index is -0.158. The largest absolute Gasteiger partial charge is 0.482 e. The Labute approximate surface area is 107 Å². The molecule has 0 atom stereocenters. The molecule has 5 nitrogen and oxygen atoms in total. The number of hydrogen-bond donors (Lipinski definition) is 2. The Bertz CT molecular complexity index is 369. The smallest absolute Gasteiger partial charge is 0.257 e. The van der Waals surface area contributed by atoms with Crippen LogP contribution in [0, 0.1) is 0 Å². The lowest BCUT2D eigenvalue weighted by Crippen LogP contribution is -2.30. The van der Waals surface area contributed by atoms with E-state index >= 15 is 0 Å². The van der Waals surface area contributed by atoms with Crippen LogP contribution in [0.4, 0.5) is 5.69 Å². The molecule has 0 saturated carbocycles. The summed E-state index contributed by atoms with van der Waals surface area (Å²) in [5.74, 6) is 0.372. The highest BCUT2D eigenvalue weighted by molar-refractivity contribution is 5.77. The predicted molar refractivity (Wildman–Crippen MR) is 70.5 cm³/mol. The third kappa shape index (κ3) is 5.54. The first kappa shape index (κ1) is 14.3. The van der Waals surface area contributed by atoms with Gasteiger partial charge >= 0.3 is 0 Å². The normalized spacial score (nSPS) is 10.1. The quantitative estimate of drug-likeness (QED) is 0.538. The summed E-state index contributed by atoms with van der Waals surface area (Å²) in [4.78, 5) is 11.4. The minimum Gasteiger partial charge on any atom is -0.482 e. The zero-order valence-electron chi connectivity index (χ0n) is 10.6. The highest BCUT2D eigenvalue weighted by atomic mass is 16.5. The molecule has 1 amide bonds. The van der Waals surface area contributed by atoms with E-state index in [1.807, 2.05) is 19.1 Å². The van der Waals surface area contributed by atoms with Gasteiger partial charge in [-0.15, -0.1) is 0 Å². The first-order chi connectivity index (χ1) is 8.74. The van der Waals surface area contributed by atoms with Crippen molar-refractivity contribution >= 4 is 11.6 Å². The topological polar surface area (TPSA) is 73.6 Å². The van der Waals surface area contributed by atoms with Crippen LogP contribution in [-0.4, -0.2) is 32.3 Å². The number of anilines is 1. The number of carbonyl (C=O) groups is 1. The molecule has 100 valence electrons. The molecule has 0 aliphatic rings. The summed E-state index contributed by atoms with van der Waals surface area (Å²) in [7, 11) is 0. The molecule has 1 aromatic carbocycles. The van der Waals surface area contributed by atoms with E-state index in [9.17, 15) is 4.79 Å². The summed E-state index contributed by atoms with van der Waals surface area (Å²) in [5.41, 5.74) is 6.22. The van der Waals surface area contributed by atoms with Crippen LogP contribution in [0.3, 0.4) is 0 Å². The molecule has 0 aromatic heterocycles. The Morgan fingerprint density at radius 2 is 2.17 bits per heavy atom. The second kappa shape index (κ2) is 8.36. The molecule has 0 aliphatic carbocycles. The third-order valence-electron chi connectivity index (χ3n) is 2.27. The predicted octanol–water partition coefficient (Wildman–Crippen LogP) is 1.19. The maximum atomic E-state index is 11.4. The van der Waals surface area contributed by atoms with E-state index < -0.39 is 0 Å². The number of nitrogens with one attached hydrogen (secondary N) is 1. The molecule has 5 heteroatoms. The van der Waals surface area contributed by atoms with Crippen LogP contribution >= 0.6 is 0 Å². The number of nitrogen functional groups attached to an aromatic ring is 1. The fourth-order valence-electron chi connectivity index (χ4n) is 1.35. The number of hydrogen-bond acceptors (Lipinski definition) is 4. The fourth-order valence-corrected chi connectivity index (χ4v) is 1.35. The van der Waals surface area contributed by atoms with E-state index in [0.29, 0.717) is 31.2 Å². The molecule has 0 saturated heterocycles. The number of rotatable bonds is 8. The Kier molecular flexibility index (Phi) is 6.64. The highest BCUT2D eigenvalue weighted by Gasteiger charge is 2.03. The van der Waals surface area contributed by atoms with Crippen LogP contribution in [0.1, 0.15) is 13.3 Å². The zero-order chi connectivity index (χ0) is 13.2. The summed E-state index contributed by atoms with van der Waals surface area (Å²) in [5, 5.41) is 2.75. The summed E-state index contributed by atoms with van der Waals surface area (Å²) in [6.45, 7) is 3.86. The summed E-state index contributed by atoms with van der Waals surface area (Å²) < 4.78 is 10.5. The van der Waals surface area contributed by atoms with E-state index in [0.717, 1.165) is 6.42 Å². The first-order valence-electron chi connectivity index (χ1n) is 6.05. The van der Waals surface area contributed by atoms with Crippen LogP contribution in [0.2, 0.25) is 0 Å². The third-order valence-corrected chi connectivity index (χ3v) is 2.27. The van der Waals surface area contributed by atoms with Crippen molar-refractivity contribution in [1.82, 2.24) is 5.32 Å². The summed E-state index contributed by atoms with van der Waals surface area (Å²) in [6, 6.07) is 7.09. The number of benzene rings is 1. The molecule has 0 bridgehead atoms. The van der Waals surface area contributed by atoms with Gasteiger partial charge in [0.15, 0.2) is 6.61 Å². The van der Waals surface area contributed by atoms with Crippen molar-refractivity contribution in [2.24, 2.45) is 0 Å². The molecule has 0 fully saturated rings. The van der Waals surface area contributed by atoms with Crippen molar-refractivity contribution in [3.8, 4) is 5.75 Å². The highest BCUT2D eigenvalue weighted by Crippen LogP contribution is 2.19. The Morgan fingerprint density at radius 3 is 2.89 bits per heavy atom. The lowest BCUT2D eigenvalue weighted by molar-refractivity contribution is -0.123. The van der Waals surface area contributed by atoms with Crippen LogP contribution in [0.5, 0.6) is 5.75 Å². The van der Waals surface area contributed by atoms with Crippen LogP contribution < -0.4 is 15.8 Å². The molecule has 1 rings (SSSR count). The van der Waals surface area contributed by atoms with Crippen molar-refractivity contribution in [1.29, 1.82) is 0 Å². The van der Waals surface area contributed by atoms with E-state index in [1.54, 1.807) is 12.1 Å². The molecule has 0 spiro atoms. The number of para-hydroxylation sites is 2. The first-order valence-corrected chi connectivity index (χ1v) is 6.05. The van der Waals surface area contributed by atoms with Crippen LogP contribution in [0.15, 0.2) is 24.3 Å². The minimum absolute atomic E-state index is 0.0250. The maximum absolute atomic E-state index is 11.4. The van der Waals surface area contributed by atoms with Gasteiger partial charge in [0.1, 0.15) is 5.75 Å². The van der Waals surface area contributed by atoms with Gasteiger partial charge in [-0.1, -0.05) is 12.1 Å². The maximum Gasteiger partial charge on any atom is 0.257 e. The second-order valence-electron chi connectivity index (χ2n) is 3.73. The zero-order valence-corrected chi connectivity index (χ0v) is 10.6. The molecular formula is C13H20N2O3. The van der Waals surface area contributed by atoms with E-state index in [4.69, 9.17) is 15.2 Å². The van der Waals surface area contributed by atoms with Gasteiger partial charge in [0.05, 0.1) is 5.69 Å². The fraction of sp³-hybridized carbons (Fsp3) is 0.462. The number of ether oxygens (including phenoxy) is 2. The van der Waals surface area contributed by atoms with Gasteiger partial charge in [0, 0.05) is 19.8 Å². The van der Waals surface area contributed by atoms with Gasteiger partial charge in [-0.2, -0.15) is 0 Å². The lowest BCUT2D eigenvalue weighted by atomic mass is 10.3. The van der Waals surface area contributed by atoms with Crippen molar-refractivity contribution < 1.29 is 14.3 Å². The van der Waals surface area contributed by atoms with Gasteiger partial charge < -0.3 is 20.5 Å².